The van der Waals surface area contributed by atoms with Crippen molar-refractivity contribution in [1.29, 1.82) is 0 Å². The van der Waals surface area contributed by atoms with Gasteiger partial charge in [0.15, 0.2) is 11.5 Å². The summed E-state index contributed by atoms with van der Waals surface area (Å²) in [6, 6.07) is 23.9. The summed E-state index contributed by atoms with van der Waals surface area (Å²) in [7, 11) is 3.29. The lowest BCUT2D eigenvalue weighted by Crippen LogP contribution is -2.17. The summed E-state index contributed by atoms with van der Waals surface area (Å²) in [4.78, 5) is 0. The number of benzene rings is 4. The molecule has 0 atom stereocenters. The van der Waals surface area contributed by atoms with Gasteiger partial charge in [-0.25, -0.2) is 0 Å². The first-order valence-corrected chi connectivity index (χ1v) is 11.8. The Morgan fingerprint density at radius 2 is 1.57 bits per heavy atom. The van der Waals surface area contributed by atoms with Gasteiger partial charge in [0.05, 0.1) is 14.2 Å². The Kier molecular flexibility index (Phi) is 9.93. The Bertz CT molecular complexity index is 1280. The SMILES string of the molecule is COc1ccc(CCNCc2c(OCc3ccc(Cl)cc3Cl)ccc3ccccc23)cc1OC.Cl. The second-order valence-corrected chi connectivity index (χ2v) is 8.75. The van der Waals surface area contributed by atoms with E-state index in [9.17, 15) is 0 Å². The van der Waals surface area contributed by atoms with Crippen LogP contribution in [0.25, 0.3) is 10.8 Å². The van der Waals surface area contributed by atoms with Crippen molar-refractivity contribution in [2.45, 2.75) is 19.6 Å². The first kappa shape index (κ1) is 27.0. The lowest BCUT2D eigenvalue weighted by atomic mass is 10.0. The third kappa shape index (κ3) is 6.74. The van der Waals surface area contributed by atoms with Crippen LogP contribution in [0.15, 0.2) is 72.8 Å². The van der Waals surface area contributed by atoms with Crippen molar-refractivity contribution < 1.29 is 14.2 Å². The number of fused-ring (bicyclic) bond motifs is 1. The van der Waals surface area contributed by atoms with Crippen LogP contribution in [0.5, 0.6) is 17.2 Å². The summed E-state index contributed by atoms with van der Waals surface area (Å²) < 4.78 is 17.0. The fourth-order valence-electron chi connectivity index (χ4n) is 3.91. The average Bonchev–Trinajstić information content (AvgIpc) is 2.86. The summed E-state index contributed by atoms with van der Waals surface area (Å²) in [6.07, 6.45) is 0.863. The smallest absolute Gasteiger partial charge is 0.160 e. The number of ether oxygens (including phenoxy) is 3. The van der Waals surface area contributed by atoms with Crippen LogP contribution in [-0.4, -0.2) is 20.8 Å². The van der Waals surface area contributed by atoms with Gasteiger partial charge in [-0.1, -0.05) is 65.7 Å². The number of halogens is 3. The molecule has 0 spiro atoms. The van der Waals surface area contributed by atoms with E-state index in [2.05, 4.69) is 35.6 Å². The molecule has 7 heteroatoms. The molecule has 184 valence electrons. The number of rotatable bonds is 10. The summed E-state index contributed by atoms with van der Waals surface area (Å²) in [5.74, 6) is 2.31. The average molecular weight is 533 g/mol. The highest BCUT2D eigenvalue weighted by molar-refractivity contribution is 6.35. The maximum Gasteiger partial charge on any atom is 0.160 e. The topological polar surface area (TPSA) is 39.7 Å². The fraction of sp³-hybridized carbons (Fsp3) is 0.214. The molecule has 0 unspecified atom stereocenters. The number of hydrogen-bond acceptors (Lipinski definition) is 4. The predicted molar refractivity (Wildman–Crippen MR) is 147 cm³/mol. The molecule has 0 radical (unpaired) electrons. The number of nitrogens with one attached hydrogen (secondary N) is 1. The monoisotopic (exact) mass is 531 g/mol. The van der Waals surface area contributed by atoms with Crippen molar-refractivity contribution in [2.24, 2.45) is 0 Å². The van der Waals surface area contributed by atoms with Crippen LogP contribution >= 0.6 is 35.6 Å². The lowest BCUT2D eigenvalue weighted by Gasteiger charge is -2.16. The molecular weight excluding hydrogens is 505 g/mol. The third-order valence-corrected chi connectivity index (χ3v) is 6.32. The minimum Gasteiger partial charge on any atom is -0.493 e. The molecule has 35 heavy (non-hydrogen) atoms. The molecule has 0 bridgehead atoms. The van der Waals surface area contributed by atoms with Crippen LogP contribution in [0, 0.1) is 0 Å². The van der Waals surface area contributed by atoms with Gasteiger partial charge in [0.1, 0.15) is 12.4 Å². The Balaban J connectivity index is 0.00000342. The second kappa shape index (κ2) is 12.9. The first-order chi connectivity index (χ1) is 16.6. The molecular formula is C28H28Cl3NO3. The zero-order valence-electron chi connectivity index (χ0n) is 19.6. The van der Waals surface area contributed by atoms with Gasteiger partial charge in [-0.15, -0.1) is 12.4 Å². The largest absolute Gasteiger partial charge is 0.493 e. The van der Waals surface area contributed by atoms with Gasteiger partial charge >= 0.3 is 0 Å². The van der Waals surface area contributed by atoms with E-state index in [4.69, 9.17) is 37.4 Å². The van der Waals surface area contributed by atoms with Gasteiger partial charge in [-0.05, 0) is 59.6 Å². The quantitative estimate of drug-likeness (QED) is 0.215. The van der Waals surface area contributed by atoms with Crippen molar-refractivity contribution in [3.63, 3.8) is 0 Å². The summed E-state index contributed by atoms with van der Waals surface area (Å²) in [6.45, 7) is 1.85. The molecule has 0 saturated carbocycles. The normalized spacial score (nSPS) is 10.6. The zero-order chi connectivity index (χ0) is 23.9. The highest BCUT2D eigenvalue weighted by atomic mass is 35.5. The molecule has 0 heterocycles. The maximum atomic E-state index is 6.34. The molecule has 0 aliphatic carbocycles. The van der Waals surface area contributed by atoms with E-state index in [0.29, 0.717) is 23.2 Å². The molecule has 4 aromatic carbocycles. The molecule has 0 saturated heterocycles. The summed E-state index contributed by atoms with van der Waals surface area (Å²) in [5, 5.41) is 7.12. The Morgan fingerprint density at radius 1 is 0.800 bits per heavy atom. The Hall–Kier alpha value is -2.63. The van der Waals surface area contributed by atoms with Crippen molar-refractivity contribution in [3.8, 4) is 17.2 Å². The molecule has 4 rings (SSSR count). The zero-order valence-corrected chi connectivity index (χ0v) is 22.0. The molecule has 0 aliphatic heterocycles. The van der Waals surface area contributed by atoms with Gasteiger partial charge < -0.3 is 19.5 Å². The van der Waals surface area contributed by atoms with E-state index in [1.807, 2.05) is 36.4 Å². The highest BCUT2D eigenvalue weighted by Crippen LogP contribution is 2.30. The van der Waals surface area contributed by atoms with Gasteiger partial charge in [0.25, 0.3) is 0 Å². The van der Waals surface area contributed by atoms with Gasteiger partial charge in [-0.3, -0.25) is 0 Å². The first-order valence-electron chi connectivity index (χ1n) is 11.1. The summed E-state index contributed by atoms with van der Waals surface area (Å²) >= 11 is 12.4. The van der Waals surface area contributed by atoms with E-state index in [0.717, 1.165) is 41.3 Å². The highest BCUT2D eigenvalue weighted by Gasteiger charge is 2.11. The van der Waals surface area contributed by atoms with E-state index >= 15 is 0 Å². The van der Waals surface area contributed by atoms with E-state index in [1.165, 1.54) is 16.3 Å². The van der Waals surface area contributed by atoms with E-state index in [1.54, 1.807) is 20.3 Å². The second-order valence-electron chi connectivity index (χ2n) is 7.90. The molecule has 4 aromatic rings. The molecule has 0 amide bonds. The standard InChI is InChI=1S/C28H27Cl2NO3.ClH/c1-32-27-11-7-19(15-28(27)33-2)13-14-31-17-24-23-6-4-3-5-20(23)9-12-26(24)34-18-21-8-10-22(29)16-25(21)30;/h3-12,15-16,31H,13-14,17-18H2,1-2H3;1H. The summed E-state index contributed by atoms with van der Waals surface area (Å²) in [5.41, 5.74) is 3.19. The maximum absolute atomic E-state index is 6.34. The van der Waals surface area contributed by atoms with Crippen LogP contribution in [0.3, 0.4) is 0 Å². The van der Waals surface area contributed by atoms with Crippen LogP contribution in [-0.2, 0) is 19.6 Å². The molecule has 0 aromatic heterocycles. The molecule has 0 aliphatic rings. The Labute approximate surface area is 222 Å². The lowest BCUT2D eigenvalue weighted by molar-refractivity contribution is 0.303. The molecule has 1 N–H and O–H groups in total. The van der Waals surface area contributed by atoms with Gasteiger partial charge in [0.2, 0.25) is 0 Å². The minimum atomic E-state index is 0. The van der Waals surface area contributed by atoms with Crippen molar-refractivity contribution in [1.82, 2.24) is 5.32 Å². The minimum absolute atomic E-state index is 0. The molecule has 4 nitrogen and oxygen atoms in total. The van der Waals surface area contributed by atoms with Crippen LogP contribution in [0.4, 0.5) is 0 Å². The van der Waals surface area contributed by atoms with Crippen LogP contribution in [0.2, 0.25) is 10.0 Å². The Morgan fingerprint density at radius 3 is 2.34 bits per heavy atom. The van der Waals surface area contributed by atoms with E-state index < -0.39 is 0 Å². The van der Waals surface area contributed by atoms with Gasteiger partial charge in [-0.2, -0.15) is 0 Å². The van der Waals surface area contributed by atoms with Crippen molar-refractivity contribution in [2.75, 3.05) is 20.8 Å². The number of methoxy groups -OCH3 is 2. The van der Waals surface area contributed by atoms with E-state index in [-0.39, 0.29) is 12.4 Å². The third-order valence-electron chi connectivity index (χ3n) is 5.74. The molecule has 0 fully saturated rings. The van der Waals surface area contributed by atoms with Gasteiger partial charge in [0, 0.05) is 27.7 Å². The van der Waals surface area contributed by atoms with Crippen LogP contribution in [0.1, 0.15) is 16.7 Å². The number of hydrogen-bond donors (Lipinski definition) is 1. The van der Waals surface area contributed by atoms with Crippen LogP contribution < -0.4 is 19.5 Å². The fourth-order valence-corrected chi connectivity index (χ4v) is 4.37. The van der Waals surface area contributed by atoms with Crippen molar-refractivity contribution >= 4 is 46.4 Å². The van der Waals surface area contributed by atoms with Crippen molar-refractivity contribution in [3.05, 3.63) is 99.5 Å². The predicted octanol–water partition coefficient (Wildman–Crippen LogP) is 7.50.